The van der Waals surface area contributed by atoms with E-state index in [1.54, 1.807) is 0 Å². The molecule has 1 aliphatic carbocycles. The molecule has 4 nitrogen and oxygen atoms in total. The Morgan fingerprint density at radius 1 is 1.06 bits per heavy atom. The predicted molar refractivity (Wildman–Crippen MR) is 62.1 cm³/mol. The molecule has 1 aliphatic heterocycles. The highest BCUT2D eigenvalue weighted by Crippen LogP contribution is 2.32. The van der Waals surface area contributed by atoms with Crippen molar-refractivity contribution in [1.29, 1.82) is 0 Å². The fourth-order valence-electron chi connectivity index (χ4n) is 3.01. The first-order chi connectivity index (χ1) is 7.84. The molecular formula is C12H20N4. The summed E-state index contributed by atoms with van der Waals surface area (Å²) in [6.45, 7) is 1.13. The molecule has 0 unspecified atom stereocenters. The monoisotopic (exact) mass is 220 g/mol. The Bertz CT molecular complexity index is 363. The van der Waals surface area contributed by atoms with Gasteiger partial charge in [0.25, 0.3) is 0 Å². The molecule has 0 bridgehead atoms. The van der Waals surface area contributed by atoms with Gasteiger partial charge in [-0.05, 0) is 38.5 Å². The van der Waals surface area contributed by atoms with Crippen LogP contribution in [0.1, 0.15) is 56.1 Å². The molecule has 2 heterocycles. The van der Waals surface area contributed by atoms with Crippen molar-refractivity contribution >= 4 is 0 Å². The molecule has 0 aromatic carbocycles. The minimum Gasteiger partial charge on any atom is -0.328 e. The molecular weight excluding hydrogens is 200 g/mol. The molecule has 1 fully saturated rings. The van der Waals surface area contributed by atoms with Gasteiger partial charge in [-0.2, -0.15) is 0 Å². The number of nitrogens with zero attached hydrogens (tertiary/aromatic N) is 3. The van der Waals surface area contributed by atoms with Crippen LogP contribution in [0.3, 0.4) is 0 Å². The van der Waals surface area contributed by atoms with Crippen LogP contribution in [-0.2, 0) is 13.0 Å². The lowest BCUT2D eigenvalue weighted by molar-refractivity contribution is 0.369. The molecule has 0 saturated heterocycles. The summed E-state index contributed by atoms with van der Waals surface area (Å²) in [6.07, 6.45) is 8.34. The van der Waals surface area contributed by atoms with Crippen molar-refractivity contribution in [3.05, 3.63) is 11.6 Å². The van der Waals surface area contributed by atoms with Gasteiger partial charge < -0.3 is 10.3 Å². The van der Waals surface area contributed by atoms with E-state index in [2.05, 4.69) is 14.8 Å². The zero-order valence-electron chi connectivity index (χ0n) is 9.73. The molecule has 16 heavy (non-hydrogen) atoms. The van der Waals surface area contributed by atoms with E-state index in [9.17, 15) is 0 Å². The number of hydrogen-bond donors (Lipinski definition) is 1. The van der Waals surface area contributed by atoms with Gasteiger partial charge in [0.05, 0.1) is 0 Å². The number of hydrogen-bond acceptors (Lipinski definition) is 3. The van der Waals surface area contributed by atoms with Gasteiger partial charge in [0.1, 0.15) is 11.6 Å². The first kappa shape index (κ1) is 10.3. The van der Waals surface area contributed by atoms with Gasteiger partial charge in [-0.3, -0.25) is 0 Å². The van der Waals surface area contributed by atoms with Gasteiger partial charge in [0, 0.05) is 24.9 Å². The van der Waals surface area contributed by atoms with Crippen molar-refractivity contribution in [1.82, 2.24) is 14.8 Å². The Balaban J connectivity index is 1.81. The number of fused-ring (bicyclic) bond motifs is 1. The third kappa shape index (κ3) is 1.75. The third-order valence-electron chi connectivity index (χ3n) is 4.03. The average Bonchev–Trinajstić information content (AvgIpc) is 2.74. The Labute approximate surface area is 96.2 Å². The predicted octanol–water partition coefficient (Wildman–Crippen LogP) is 1.60. The Hall–Kier alpha value is -0.900. The maximum atomic E-state index is 5.95. The third-order valence-corrected chi connectivity index (χ3v) is 4.03. The molecule has 0 spiro atoms. The molecule has 1 aromatic heterocycles. The summed E-state index contributed by atoms with van der Waals surface area (Å²) < 4.78 is 2.37. The number of aromatic nitrogens is 3. The zero-order chi connectivity index (χ0) is 11.0. The number of nitrogens with two attached hydrogens (primary N) is 1. The van der Waals surface area contributed by atoms with Gasteiger partial charge in [-0.1, -0.05) is 0 Å². The van der Waals surface area contributed by atoms with Gasteiger partial charge in [0.2, 0.25) is 0 Å². The molecule has 0 radical (unpaired) electrons. The van der Waals surface area contributed by atoms with Gasteiger partial charge in [-0.25, -0.2) is 0 Å². The first-order valence-corrected chi connectivity index (χ1v) is 6.52. The van der Waals surface area contributed by atoms with Crippen LogP contribution in [0.2, 0.25) is 0 Å². The summed E-state index contributed by atoms with van der Waals surface area (Å²) in [6, 6.07) is 0.417. The lowest BCUT2D eigenvalue weighted by Crippen LogP contribution is -2.27. The number of rotatable bonds is 1. The Morgan fingerprint density at radius 2 is 1.88 bits per heavy atom. The Morgan fingerprint density at radius 3 is 2.69 bits per heavy atom. The van der Waals surface area contributed by atoms with E-state index in [-0.39, 0.29) is 0 Å². The van der Waals surface area contributed by atoms with Crippen LogP contribution in [0.4, 0.5) is 0 Å². The van der Waals surface area contributed by atoms with Crippen LogP contribution in [-0.4, -0.2) is 20.8 Å². The topological polar surface area (TPSA) is 56.7 Å². The quantitative estimate of drug-likeness (QED) is 0.782. The van der Waals surface area contributed by atoms with Crippen LogP contribution in [0.5, 0.6) is 0 Å². The largest absolute Gasteiger partial charge is 0.328 e. The summed E-state index contributed by atoms with van der Waals surface area (Å²) in [5.41, 5.74) is 5.95. The van der Waals surface area contributed by atoms with E-state index in [0.29, 0.717) is 12.0 Å². The second kappa shape index (κ2) is 4.17. The molecule has 4 heteroatoms. The first-order valence-electron chi connectivity index (χ1n) is 6.52. The molecule has 88 valence electrons. The summed E-state index contributed by atoms with van der Waals surface area (Å²) >= 11 is 0. The molecule has 1 saturated carbocycles. The van der Waals surface area contributed by atoms with E-state index in [1.165, 1.54) is 37.3 Å². The van der Waals surface area contributed by atoms with E-state index in [1.807, 2.05) is 0 Å². The minimum atomic E-state index is 0.417. The molecule has 3 rings (SSSR count). The molecule has 0 amide bonds. The minimum absolute atomic E-state index is 0.417. The second-order valence-electron chi connectivity index (χ2n) is 5.19. The maximum Gasteiger partial charge on any atom is 0.136 e. The SMILES string of the molecule is NC1CCC(c2nnc3n2CCCC3)CC1. The second-order valence-corrected chi connectivity index (χ2v) is 5.19. The Kier molecular flexibility index (Phi) is 2.67. The van der Waals surface area contributed by atoms with Crippen LogP contribution in [0.15, 0.2) is 0 Å². The van der Waals surface area contributed by atoms with Gasteiger partial charge in [-0.15, -0.1) is 10.2 Å². The number of aryl methyl sites for hydroxylation is 1. The van der Waals surface area contributed by atoms with Crippen LogP contribution < -0.4 is 5.73 Å². The fraction of sp³-hybridized carbons (Fsp3) is 0.833. The van der Waals surface area contributed by atoms with Gasteiger partial charge >= 0.3 is 0 Å². The zero-order valence-corrected chi connectivity index (χ0v) is 9.73. The smallest absolute Gasteiger partial charge is 0.136 e. The highest BCUT2D eigenvalue weighted by atomic mass is 15.3. The average molecular weight is 220 g/mol. The van der Waals surface area contributed by atoms with Crippen molar-refractivity contribution in [2.24, 2.45) is 5.73 Å². The van der Waals surface area contributed by atoms with Crippen molar-refractivity contribution in [3.63, 3.8) is 0 Å². The van der Waals surface area contributed by atoms with E-state index < -0.39 is 0 Å². The van der Waals surface area contributed by atoms with Crippen molar-refractivity contribution in [3.8, 4) is 0 Å². The lowest BCUT2D eigenvalue weighted by atomic mass is 9.86. The van der Waals surface area contributed by atoms with Crippen molar-refractivity contribution in [2.75, 3.05) is 0 Å². The molecule has 2 N–H and O–H groups in total. The summed E-state index contributed by atoms with van der Waals surface area (Å²) in [5.74, 6) is 3.05. The van der Waals surface area contributed by atoms with E-state index >= 15 is 0 Å². The van der Waals surface area contributed by atoms with Crippen LogP contribution in [0, 0.1) is 0 Å². The highest BCUT2D eigenvalue weighted by Gasteiger charge is 2.26. The summed E-state index contributed by atoms with van der Waals surface area (Å²) in [5, 5.41) is 8.75. The highest BCUT2D eigenvalue weighted by molar-refractivity contribution is 5.05. The fourth-order valence-corrected chi connectivity index (χ4v) is 3.01. The molecule has 0 atom stereocenters. The van der Waals surface area contributed by atoms with Crippen LogP contribution >= 0.6 is 0 Å². The summed E-state index contributed by atoms with van der Waals surface area (Å²) in [7, 11) is 0. The summed E-state index contributed by atoms with van der Waals surface area (Å²) in [4.78, 5) is 0. The molecule has 1 aromatic rings. The molecule has 2 aliphatic rings. The van der Waals surface area contributed by atoms with Gasteiger partial charge in [0.15, 0.2) is 0 Å². The van der Waals surface area contributed by atoms with Crippen molar-refractivity contribution in [2.45, 2.75) is 63.5 Å². The lowest BCUT2D eigenvalue weighted by Gasteiger charge is -2.26. The normalized spacial score (nSPS) is 30.1. The van der Waals surface area contributed by atoms with E-state index in [0.717, 1.165) is 25.8 Å². The standard InChI is InChI=1S/C12H20N4/c13-10-6-4-9(5-7-10)12-15-14-11-3-1-2-8-16(11)12/h9-10H,1-8,13H2. The van der Waals surface area contributed by atoms with E-state index in [4.69, 9.17) is 5.73 Å². The van der Waals surface area contributed by atoms with Crippen LogP contribution in [0.25, 0.3) is 0 Å². The van der Waals surface area contributed by atoms with Crippen molar-refractivity contribution < 1.29 is 0 Å². The maximum absolute atomic E-state index is 5.95.